The van der Waals surface area contributed by atoms with Crippen molar-refractivity contribution in [1.29, 1.82) is 0 Å². The molecule has 24 atom stereocenters. The average molecular weight is 1390 g/mol. The molecule has 4 aliphatic rings. The lowest BCUT2D eigenvalue weighted by atomic mass is 9.95. The lowest BCUT2D eigenvalue weighted by molar-refractivity contribution is -0.373. The molecule has 4 aliphatic heterocycles. The van der Waals surface area contributed by atoms with Gasteiger partial charge in [0.1, 0.15) is 104 Å². The summed E-state index contributed by atoms with van der Waals surface area (Å²) in [6.45, 7) is 3.81. The summed E-state index contributed by atoms with van der Waals surface area (Å²) in [5.74, 6) is -1.55. The van der Waals surface area contributed by atoms with Gasteiger partial charge in [-0.2, -0.15) is 0 Å². The van der Waals surface area contributed by atoms with Crippen molar-refractivity contribution < 1.29 is 119 Å². The molecule has 16 N–H and O–H groups in total. The molecule has 566 valence electrons. The molecule has 0 spiro atoms. The summed E-state index contributed by atoms with van der Waals surface area (Å²) in [4.78, 5) is 26.4. The molecule has 26 nitrogen and oxygen atoms in total. The molecule has 0 saturated carbocycles. The van der Waals surface area contributed by atoms with Gasteiger partial charge in [0, 0.05) is 6.92 Å². The second-order valence-electron chi connectivity index (χ2n) is 27.8. The van der Waals surface area contributed by atoms with Crippen LogP contribution in [0.1, 0.15) is 259 Å². The highest BCUT2D eigenvalue weighted by Gasteiger charge is 2.54. The summed E-state index contributed by atoms with van der Waals surface area (Å²) in [5.41, 5.74) is 0. The third-order valence-electron chi connectivity index (χ3n) is 19.6. The molecule has 4 heterocycles. The topological polar surface area (TPSA) is 415 Å². The van der Waals surface area contributed by atoms with Crippen LogP contribution in [0.15, 0.2) is 0 Å². The maximum atomic E-state index is 13.8. The number of hydrogen-bond donors (Lipinski definition) is 16. The standard InChI is InChI=1S/C70H132N2O24/c1-5-7-9-11-13-15-17-19-21-22-23-24-25-26-28-30-32-34-36-38-40-49(77)66(88)72-47(55(79)48(76)39-37-35-33-31-29-27-20-18-16-14-12-10-8-6-2)43-89-70-65(61(85)56(80)50(41-73)93-70)96-69-63(87)60(84)57(81)52(94-69)44-90-67-53(71-46(4)75)64(58(82)51(42-74)92-67)95-68-62(86)59(83)54(78)45(3)91-68/h45,47-65,67-70,73-74,76-87H,5-44H2,1-4H3,(H,71,75)(H,72,88). The summed E-state index contributed by atoms with van der Waals surface area (Å²) in [6.07, 6.45) is 2.22. The molecule has 4 saturated heterocycles. The Labute approximate surface area is 571 Å². The van der Waals surface area contributed by atoms with Crippen LogP contribution in [0.5, 0.6) is 0 Å². The van der Waals surface area contributed by atoms with Gasteiger partial charge in [-0.1, -0.05) is 232 Å². The van der Waals surface area contributed by atoms with Gasteiger partial charge in [-0.3, -0.25) is 9.59 Å². The molecule has 24 unspecified atom stereocenters. The summed E-state index contributed by atoms with van der Waals surface area (Å²) in [6, 6.07) is -2.93. The number of rotatable bonds is 53. The van der Waals surface area contributed by atoms with E-state index >= 15 is 0 Å². The van der Waals surface area contributed by atoms with E-state index in [0.717, 1.165) is 64.7 Å². The van der Waals surface area contributed by atoms with Gasteiger partial charge in [0.25, 0.3) is 0 Å². The van der Waals surface area contributed by atoms with E-state index in [1.165, 1.54) is 155 Å². The zero-order valence-corrected chi connectivity index (χ0v) is 58.5. The first-order valence-corrected chi connectivity index (χ1v) is 37.3. The number of unbranched alkanes of at least 4 members (excludes halogenated alkanes) is 32. The Hall–Kier alpha value is -1.94. The van der Waals surface area contributed by atoms with E-state index in [9.17, 15) is 81.1 Å². The molecular formula is C70H132N2O24. The molecule has 0 radical (unpaired) electrons. The lowest BCUT2D eigenvalue weighted by Gasteiger charge is -2.48. The van der Waals surface area contributed by atoms with Crippen LogP contribution in [0.25, 0.3) is 0 Å². The molecule has 0 bridgehead atoms. The van der Waals surface area contributed by atoms with Crippen LogP contribution in [0.2, 0.25) is 0 Å². The predicted molar refractivity (Wildman–Crippen MR) is 355 cm³/mol. The van der Waals surface area contributed by atoms with E-state index < -0.39 is 185 Å². The third-order valence-corrected chi connectivity index (χ3v) is 19.6. The van der Waals surface area contributed by atoms with E-state index in [0.29, 0.717) is 12.8 Å². The number of aliphatic hydroxyl groups is 14. The third kappa shape index (κ3) is 30.6. The molecule has 0 aromatic rings. The highest BCUT2D eigenvalue weighted by Crippen LogP contribution is 2.34. The Morgan fingerprint density at radius 2 is 0.802 bits per heavy atom. The SMILES string of the molecule is CCCCCCCCCCCCCCCCCCCCCCC(O)C(=O)NC(COC1OC(CO)C(O)C(O)C1OC1OC(COC2OC(CO)C(O)C(OC3OC(C)C(O)C(O)C3O)C2NC(C)=O)C(O)C(O)C1O)C(O)C(O)CCCCCCCCCCCCCCCC. The van der Waals surface area contributed by atoms with Crippen LogP contribution < -0.4 is 10.6 Å². The Bertz CT molecular complexity index is 1980. The van der Waals surface area contributed by atoms with Gasteiger partial charge in [-0.05, 0) is 19.8 Å². The molecule has 0 aromatic carbocycles. The quantitative estimate of drug-likeness (QED) is 0.0381. The van der Waals surface area contributed by atoms with Crippen LogP contribution >= 0.6 is 0 Å². The number of nitrogens with one attached hydrogen (secondary N) is 2. The minimum atomic E-state index is -2.10. The van der Waals surface area contributed by atoms with Crippen molar-refractivity contribution in [2.45, 2.75) is 406 Å². The number of carbonyl (C=O) groups is 2. The zero-order valence-electron chi connectivity index (χ0n) is 58.5. The normalized spacial score (nSPS) is 32.4. The minimum Gasteiger partial charge on any atom is -0.394 e. The zero-order chi connectivity index (χ0) is 70.4. The number of carbonyl (C=O) groups excluding carboxylic acids is 2. The fourth-order valence-corrected chi connectivity index (χ4v) is 13.3. The number of aliphatic hydroxyl groups excluding tert-OH is 14. The summed E-state index contributed by atoms with van der Waals surface area (Å²) >= 11 is 0. The lowest BCUT2D eigenvalue weighted by Crippen LogP contribution is -2.68. The first-order valence-electron chi connectivity index (χ1n) is 37.3. The molecule has 0 aromatic heterocycles. The Morgan fingerprint density at radius 3 is 1.26 bits per heavy atom. The van der Waals surface area contributed by atoms with E-state index in [-0.39, 0.29) is 12.8 Å². The van der Waals surface area contributed by atoms with Crippen molar-refractivity contribution in [3.05, 3.63) is 0 Å². The molecule has 26 heteroatoms. The maximum absolute atomic E-state index is 13.8. The average Bonchev–Trinajstić information content (AvgIpc) is 0.968. The van der Waals surface area contributed by atoms with Gasteiger partial charge in [0.05, 0.1) is 44.7 Å². The van der Waals surface area contributed by atoms with Crippen LogP contribution in [-0.2, 0) is 47.5 Å². The fourth-order valence-electron chi connectivity index (χ4n) is 13.3. The van der Waals surface area contributed by atoms with Gasteiger partial charge < -0.3 is 120 Å². The summed E-state index contributed by atoms with van der Waals surface area (Å²) in [5, 5.41) is 159. The second kappa shape index (κ2) is 49.6. The van der Waals surface area contributed by atoms with E-state index in [2.05, 4.69) is 24.5 Å². The largest absolute Gasteiger partial charge is 0.394 e. The Morgan fingerprint density at radius 1 is 0.417 bits per heavy atom. The van der Waals surface area contributed by atoms with E-state index in [1.807, 2.05) is 0 Å². The molecular weight excluding hydrogens is 1250 g/mol. The van der Waals surface area contributed by atoms with Crippen molar-refractivity contribution in [2.24, 2.45) is 0 Å². The summed E-state index contributed by atoms with van der Waals surface area (Å²) in [7, 11) is 0. The summed E-state index contributed by atoms with van der Waals surface area (Å²) < 4.78 is 47.2. The van der Waals surface area contributed by atoms with Gasteiger partial charge in [0.15, 0.2) is 25.2 Å². The van der Waals surface area contributed by atoms with Crippen molar-refractivity contribution in [2.75, 3.05) is 26.4 Å². The van der Waals surface area contributed by atoms with Crippen molar-refractivity contribution in [3.8, 4) is 0 Å². The predicted octanol–water partition coefficient (Wildman–Crippen LogP) is 4.10. The van der Waals surface area contributed by atoms with Crippen molar-refractivity contribution in [1.82, 2.24) is 10.6 Å². The molecule has 96 heavy (non-hydrogen) atoms. The van der Waals surface area contributed by atoms with E-state index in [4.69, 9.17) is 37.9 Å². The molecule has 2 amide bonds. The number of amides is 2. The molecule has 4 fully saturated rings. The molecule has 4 rings (SSSR count). The van der Waals surface area contributed by atoms with Crippen LogP contribution in [-0.4, -0.2) is 257 Å². The van der Waals surface area contributed by atoms with Crippen LogP contribution in [0.4, 0.5) is 0 Å². The smallest absolute Gasteiger partial charge is 0.249 e. The van der Waals surface area contributed by atoms with Crippen molar-refractivity contribution in [3.63, 3.8) is 0 Å². The van der Waals surface area contributed by atoms with Gasteiger partial charge in [0.2, 0.25) is 11.8 Å². The van der Waals surface area contributed by atoms with E-state index in [1.54, 1.807) is 0 Å². The monoisotopic (exact) mass is 1380 g/mol. The van der Waals surface area contributed by atoms with Gasteiger partial charge in [-0.15, -0.1) is 0 Å². The highest BCUT2D eigenvalue weighted by atomic mass is 16.8. The highest BCUT2D eigenvalue weighted by molar-refractivity contribution is 5.80. The first-order chi connectivity index (χ1) is 46.2. The molecule has 0 aliphatic carbocycles. The Kier molecular flexibility index (Phi) is 44.7. The minimum absolute atomic E-state index is 0.125. The number of ether oxygens (including phenoxy) is 8. The Balaban J connectivity index is 1.38. The van der Waals surface area contributed by atoms with Crippen molar-refractivity contribution >= 4 is 11.8 Å². The van der Waals surface area contributed by atoms with Gasteiger partial charge >= 0.3 is 0 Å². The number of hydrogen-bond acceptors (Lipinski definition) is 24. The van der Waals surface area contributed by atoms with Crippen LogP contribution in [0.3, 0.4) is 0 Å². The fraction of sp³-hybridized carbons (Fsp3) is 0.971. The van der Waals surface area contributed by atoms with Crippen LogP contribution in [0, 0.1) is 0 Å². The van der Waals surface area contributed by atoms with Gasteiger partial charge in [-0.25, -0.2) is 0 Å². The second-order valence-corrected chi connectivity index (χ2v) is 27.8. The maximum Gasteiger partial charge on any atom is 0.249 e. The first kappa shape index (κ1) is 86.5.